The lowest BCUT2D eigenvalue weighted by Crippen LogP contribution is -2.38. The van der Waals surface area contributed by atoms with Gasteiger partial charge >= 0.3 is 5.97 Å². The van der Waals surface area contributed by atoms with Crippen LogP contribution in [0.2, 0.25) is 5.02 Å². The number of amides is 1. The Morgan fingerprint density at radius 1 is 1.03 bits per heavy atom. The number of halogens is 1. The SMILES string of the molecule is Cc1cc(Oc2cccc(CNC(=O)c3cc4cc(Cl)ccc4[nH]3)c2)ccc1OC(C)(C)C(=O)O. The molecule has 0 aliphatic heterocycles. The van der Waals surface area contributed by atoms with Gasteiger partial charge in [-0.1, -0.05) is 23.7 Å². The first kappa shape index (κ1) is 24.2. The van der Waals surface area contributed by atoms with Gasteiger partial charge in [-0.2, -0.15) is 0 Å². The number of rotatable bonds is 8. The van der Waals surface area contributed by atoms with Gasteiger partial charge in [0.15, 0.2) is 5.60 Å². The summed E-state index contributed by atoms with van der Waals surface area (Å²) in [5.41, 5.74) is 1.58. The van der Waals surface area contributed by atoms with Gasteiger partial charge in [-0.3, -0.25) is 4.79 Å². The number of carboxylic acid groups (broad SMARTS) is 1. The number of hydrogen-bond donors (Lipinski definition) is 3. The van der Waals surface area contributed by atoms with E-state index in [0.29, 0.717) is 34.5 Å². The fourth-order valence-corrected chi connectivity index (χ4v) is 3.66. The lowest BCUT2D eigenvalue weighted by Gasteiger charge is -2.23. The molecule has 0 spiro atoms. The number of aryl methyl sites for hydroxylation is 1. The van der Waals surface area contributed by atoms with Crippen molar-refractivity contribution in [3.63, 3.8) is 0 Å². The molecule has 4 aromatic rings. The van der Waals surface area contributed by atoms with Crippen LogP contribution in [-0.4, -0.2) is 27.6 Å². The first-order valence-corrected chi connectivity index (χ1v) is 11.3. The number of carbonyl (C=O) groups excluding carboxylic acids is 1. The molecule has 0 aliphatic rings. The molecule has 0 saturated carbocycles. The maximum absolute atomic E-state index is 12.6. The molecule has 4 rings (SSSR count). The second-order valence-corrected chi connectivity index (χ2v) is 9.13. The van der Waals surface area contributed by atoms with Crippen LogP contribution in [0.4, 0.5) is 0 Å². The Hall–Kier alpha value is -3.97. The number of hydrogen-bond acceptors (Lipinski definition) is 4. The highest BCUT2D eigenvalue weighted by Crippen LogP contribution is 2.30. The van der Waals surface area contributed by atoms with Crippen molar-refractivity contribution in [2.45, 2.75) is 32.9 Å². The number of aromatic nitrogens is 1. The predicted molar refractivity (Wildman–Crippen MR) is 135 cm³/mol. The van der Waals surface area contributed by atoms with Crippen LogP contribution >= 0.6 is 11.6 Å². The van der Waals surface area contributed by atoms with E-state index in [2.05, 4.69) is 10.3 Å². The number of carbonyl (C=O) groups is 2. The number of nitrogens with one attached hydrogen (secondary N) is 2. The van der Waals surface area contributed by atoms with Crippen molar-refractivity contribution in [3.05, 3.63) is 88.6 Å². The summed E-state index contributed by atoms with van der Waals surface area (Å²) in [5, 5.41) is 13.7. The lowest BCUT2D eigenvalue weighted by molar-refractivity contribution is -0.152. The molecule has 7 nitrogen and oxygen atoms in total. The quantitative estimate of drug-likeness (QED) is 0.276. The zero-order valence-corrected chi connectivity index (χ0v) is 20.3. The molecule has 0 unspecified atom stereocenters. The first-order chi connectivity index (χ1) is 16.6. The van der Waals surface area contributed by atoms with Crippen molar-refractivity contribution in [1.29, 1.82) is 0 Å². The molecule has 0 aliphatic carbocycles. The topological polar surface area (TPSA) is 101 Å². The van der Waals surface area contributed by atoms with E-state index in [1.807, 2.05) is 37.3 Å². The summed E-state index contributed by atoms with van der Waals surface area (Å²) in [6.07, 6.45) is 0. The molecule has 1 aromatic heterocycles. The van der Waals surface area contributed by atoms with Gasteiger partial charge in [-0.15, -0.1) is 0 Å². The Morgan fingerprint density at radius 3 is 2.54 bits per heavy atom. The predicted octanol–water partition coefficient (Wildman–Crippen LogP) is 6.09. The lowest BCUT2D eigenvalue weighted by atomic mass is 10.1. The number of ether oxygens (including phenoxy) is 2. The van der Waals surface area contributed by atoms with Crippen molar-refractivity contribution < 1.29 is 24.2 Å². The summed E-state index contributed by atoms with van der Waals surface area (Å²) in [4.78, 5) is 27.0. The van der Waals surface area contributed by atoms with Crippen molar-refractivity contribution >= 4 is 34.4 Å². The normalized spacial score (nSPS) is 11.3. The average Bonchev–Trinajstić information content (AvgIpc) is 3.23. The van der Waals surface area contributed by atoms with E-state index in [-0.39, 0.29) is 5.91 Å². The van der Waals surface area contributed by atoms with Gasteiger partial charge in [0.1, 0.15) is 22.9 Å². The van der Waals surface area contributed by atoms with Gasteiger partial charge in [0.05, 0.1) is 0 Å². The van der Waals surface area contributed by atoms with Gasteiger partial charge in [0, 0.05) is 22.5 Å². The Bertz CT molecular complexity index is 1410. The summed E-state index contributed by atoms with van der Waals surface area (Å²) in [5.74, 6) is 0.395. The zero-order valence-electron chi connectivity index (χ0n) is 19.5. The van der Waals surface area contributed by atoms with Crippen LogP contribution in [0.15, 0.2) is 66.7 Å². The van der Waals surface area contributed by atoms with Crippen LogP contribution in [0, 0.1) is 6.92 Å². The van der Waals surface area contributed by atoms with E-state index in [1.54, 1.807) is 36.4 Å². The first-order valence-electron chi connectivity index (χ1n) is 11.0. The van der Waals surface area contributed by atoms with Crippen LogP contribution in [0.25, 0.3) is 10.9 Å². The molecular weight excluding hydrogens is 468 g/mol. The number of aliphatic carboxylic acids is 1. The van der Waals surface area contributed by atoms with E-state index >= 15 is 0 Å². The molecule has 3 N–H and O–H groups in total. The highest BCUT2D eigenvalue weighted by molar-refractivity contribution is 6.31. The highest BCUT2D eigenvalue weighted by Gasteiger charge is 2.29. The summed E-state index contributed by atoms with van der Waals surface area (Å²) >= 11 is 6.02. The van der Waals surface area contributed by atoms with E-state index in [0.717, 1.165) is 22.0 Å². The van der Waals surface area contributed by atoms with Crippen LogP contribution in [0.3, 0.4) is 0 Å². The van der Waals surface area contributed by atoms with E-state index in [9.17, 15) is 14.7 Å². The summed E-state index contributed by atoms with van der Waals surface area (Å²) < 4.78 is 11.6. The third kappa shape index (κ3) is 5.75. The Labute approximate surface area is 207 Å². The van der Waals surface area contributed by atoms with Crippen LogP contribution in [-0.2, 0) is 11.3 Å². The monoisotopic (exact) mass is 492 g/mol. The smallest absolute Gasteiger partial charge is 0.347 e. The molecule has 0 radical (unpaired) electrons. The molecule has 35 heavy (non-hydrogen) atoms. The van der Waals surface area contributed by atoms with Gasteiger partial charge in [-0.25, -0.2) is 4.79 Å². The minimum absolute atomic E-state index is 0.223. The van der Waals surface area contributed by atoms with E-state index < -0.39 is 11.6 Å². The molecular formula is C27H25ClN2O5. The molecule has 8 heteroatoms. The van der Waals surface area contributed by atoms with Gasteiger partial charge < -0.3 is 24.9 Å². The van der Waals surface area contributed by atoms with Crippen molar-refractivity contribution in [3.8, 4) is 17.2 Å². The molecule has 0 bridgehead atoms. The van der Waals surface area contributed by atoms with Crippen molar-refractivity contribution in [2.24, 2.45) is 0 Å². The Balaban J connectivity index is 1.40. The Kier molecular flexibility index (Phi) is 6.71. The number of fused-ring (bicyclic) bond motifs is 1. The maximum atomic E-state index is 12.6. The number of aromatic amines is 1. The molecule has 0 atom stereocenters. The van der Waals surface area contributed by atoms with Crippen molar-refractivity contribution in [1.82, 2.24) is 10.3 Å². The molecule has 0 saturated heterocycles. The van der Waals surface area contributed by atoms with E-state index in [4.69, 9.17) is 21.1 Å². The minimum Gasteiger partial charge on any atom is -0.478 e. The summed E-state index contributed by atoms with van der Waals surface area (Å²) in [7, 11) is 0. The summed E-state index contributed by atoms with van der Waals surface area (Å²) in [6.45, 7) is 5.14. The Morgan fingerprint density at radius 2 is 1.80 bits per heavy atom. The minimum atomic E-state index is -1.34. The third-order valence-electron chi connectivity index (χ3n) is 5.44. The van der Waals surface area contributed by atoms with Crippen LogP contribution in [0.1, 0.15) is 35.5 Å². The van der Waals surface area contributed by atoms with Crippen LogP contribution in [0.5, 0.6) is 17.2 Å². The second-order valence-electron chi connectivity index (χ2n) is 8.69. The molecule has 0 fully saturated rings. The maximum Gasteiger partial charge on any atom is 0.347 e. The fourth-order valence-electron chi connectivity index (χ4n) is 3.48. The zero-order chi connectivity index (χ0) is 25.2. The standard InChI is InChI=1S/C27H25ClN2O5/c1-16-11-21(8-10-24(16)35-27(2,3)26(32)33)34-20-6-4-5-17(12-20)15-29-25(31)23-14-18-13-19(28)7-9-22(18)30-23/h4-14,30H,15H2,1-3H3,(H,29,31)(H,32,33). The van der Waals surface area contributed by atoms with Gasteiger partial charge in [0.25, 0.3) is 5.91 Å². The summed E-state index contributed by atoms with van der Waals surface area (Å²) in [6, 6.07) is 19.8. The molecule has 1 heterocycles. The second kappa shape index (κ2) is 9.72. The largest absolute Gasteiger partial charge is 0.478 e. The van der Waals surface area contributed by atoms with Crippen molar-refractivity contribution in [2.75, 3.05) is 0 Å². The highest BCUT2D eigenvalue weighted by atomic mass is 35.5. The van der Waals surface area contributed by atoms with Gasteiger partial charge in [0.2, 0.25) is 0 Å². The molecule has 3 aromatic carbocycles. The number of benzene rings is 3. The average molecular weight is 493 g/mol. The molecule has 1 amide bonds. The number of carboxylic acids is 1. The van der Waals surface area contributed by atoms with E-state index in [1.165, 1.54) is 13.8 Å². The third-order valence-corrected chi connectivity index (χ3v) is 5.68. The fraction of sp³-hybridized carbons (Fsp3) is 0.185. The molecule has 180 valence electrons. The van der Waals surface area contributed by atoms with Gasteiger partial charge in [-0.05, 0) is 86.5 Å². The number of H-pyrrole nitrogens is 1. The van der Waals surface area contributed by atoms with Crippen LogP contribution < -0.4 is 14.8 Å².